The Morgan fingerprint density at radius 1 is 1.45 bits per heavy atom. The number of nitrogens with zero attached hydrogens (tertiary/aromatic N) is 1. The summed E-state index contributed by atoms with van der Waals surface area (Å²) in [6.45, 7) is 3.79. The lowest BCUT2D eigenvalue weighted by Crippen LogP contribution is -2.40. The van der Waals surface area contributed by atoms with Gasteiger partial charge in [0.05, 0.1) is 37.5 Å². The third kappa shape index (κ3) is 2.12. The number of hydrogen-bond acceptors (Lipinski definition) is 4. The van der Waals surface area contributed by atoms with Crippen LogP contribution in [0.4, 0.5) is 11.4 Å². The minimum absolute atomic E-state index is 0.0191. The van der Waals surface area contributed by atoms with Crippen molar-refractivity contribution in [2.45, 2.75) is 19.4 Å². The van der Waals surface area contributed by atoms with Gasteiger partial charge in [-0.05, 0) is 18.6 Å². The van der Waals surface area contributed by atoms with Crippen LogP contribution in [0.1, 0.15) is 13.3 Å². The summed E-state index contributed by atoms with van der Waals surface area (Å²) in [5.74, 6) is 0.641. The van der Waals surface area contributed by atoms with E-state index in [-0.39, 0.29) is 17.9 Å². The van der Waals surface area contributed by atoms with Gasteiger partial charge < -0.3 is 19.7 Å². The van der Waals surface area contributed by atoms with Gasteiger partial charge in [0, 0.05) is 7.05 Å². The number of ether oxygens (including phenoxy) is 2. The number of carbonyl (C=O) groups excluding carboxylic acids is 1. The zero-order chi connectivity index (χ0) is 14.1. The molecule has 2 aliphatic rings. The third-order valence-corrected chi connectivity index (χ3v) is 3.98. The molecule has 2 atom stereocenters. The molecule has 5 heteroatoms. The second kappa shape index (κ2) is 5.32. The summed E-state index contributed by atoms with van der Waals surface area (Å²) in [4.78, 5) is 14.5. The molecule has 2 heterocycles. The number of amides is 1. The van der Waals surface area contributed by atoms with Crippen LogP contribution < -0.4 is 15.0 Å². The SMILES string of the molecule is CCCOc1cccc2c1NC(=O)C1COCC1N2C. The van der Waals surface area contributed by atoms with Crippen LogP contribution in [0.15, 0.2) is 18.2 Å². The molecule has 0 bridgehead atoms. The summed E-state index contributed by atoms with van der Waals surface area (Å²) in [6, 6.07) is 5.97. The number of nitrogens with one attached hydrogen (secondary N) is 1. The topological polar surface area (TPSA) is 50.8 Å². The predicted octanol–water partition coefficient (Wildman–Crippen LogP) is 1.88. The zero-order valence-electron chi connectivity index (χ0n) is 11.9. The highest BCUT2D eigenvalue weighted by molar-refractivity contribution is 6.00. The van der Waals surface area contributed by atoms with Crippen molar-refractivity contribution in [3.05, 3.63) is 18.2 Å². The fourth-order valence-electron chi connectivity index (χ4n) is 2.84. The maximum atomic E-state index is 12.4. The van der Waals surface area contributed by atoms with Crippen molar-refractivity contribution in [1.82, 2.24) is 0 Å². The van der Waals surface area contributed by atoms with Crippen LogP contribution in [0.2, 0.25) is 0 Å². The molecule has 0 aliphatic carbocycles. The van der Waals surface area contributed by atoms with Gasteiger partial charge in [0.25, 0.3) is 0 Å². The number of rotatable bonds is 3. The number of benzene rings is 1. The van der Waals surface area contributed by atoms with Gasteiger partial charge in [-0.3, -0.25) is 4.79 Å². The van der Waals surface area contributed by atoms with Crippen molar-refractivity contribution < 1.29 is 14.3 Å². The second-order valence-electron chi connectivity index (χ2n) is 5.31. The lowest BCUT2D eigenvalue weighted by atomic mass is 10.0. The van der Waals surface area contributed by atoms with Gasteiger partial charge in [-0.1, -0.05) is 13.0 Å². The smallest absolute Gasteiger partial charge is 0.232 e. The Balaban J connectivity index is 2.00. The maximum absolute atomic E-state index is 12.4. The molecule has 1 aromatic rings. The van der Waals surface area contributed by atoms with Gasteiger partial charge in [0.1, 0.15) is 11.4 Å². The fraction of sp³-hybridized carbons (Fsp3) is 0.533. The van der Waals surface area contributed by atoms with Crippen LogP contribution in [0, 0.1) is 5.92 Å². The molecular weight excluding hydrogens is 256 g/mol. The van der Waals surface area contributed by atoms with Gasteiger partial charge in [-0.2, -0.15) is 0 Å². The highest BCUT2D eigenvalue weighted by Crippen LogP contribution is 2.40. The van der Waals surface area contributed by atoms with E-state index < -0.39 is 0 Å². The quantitative estimate of drug-likeness (QED) is 0.916. The van der Waals surface area contributed by atoms with Crippen molar-refractivity contribution in [2.24, 2.45) is 5.92 Å². The lowest BCUT2D eigenvalue weighted by Gasteiger charge is -2.27. The lowest BCUT2D eigenvalue weighted by molar-refractivity contribution is -0.120. The van der Waals surface area contributed by atoms with E-state index in [1.54, 1.807) is 0 Å². The van der Waals surface area contributed by atoms with Crippen LogP contribution >= 0.6 is 0 Å². The molecule has 5 nitrogen and oxygen atoms in total. The summed E-state index contributed by atoms with van der Waals surface area (Å²) in [5.41, 5.74) is 1.77. The molecule has 1 aromatic carbocycles. The second-order valence-corrected chi connectivity index (χ2v) is 5.31. The van der Waals surface area contributed by atoms with E-state index >= 15 is 0 Å². The monoisotopic (exact) mass is 276 g/mol. The molecule has 1 N–H and O–H groups in total. The van der Waals surface area contributed by atoms with Crippen molar-refractivity contribution in [3.8, 4) is 5.75 Å². The van der Waals surface area contributed by atoms with Crippen LogP contribution in [-0.4, -0.2) is 38.8 Å². The summed E-state index contributed by atoms with van der Waals surface area (Å²) in [6.07, 6.45) is 0.937. The van der Waals surface area contributed by atoms with Crippen molar-refractivity contribution >= 4 is 17.3 Å². The average molecular weight is 276 g/mol. The Morgan fingerprint density at radius 3 is 3.10 bits per heavy atom. The summed E-state index contributed by atoms with van der Waals surface area (Å²) < 4.78 is 11.2. The number of para-hydroxylation sites is 1. The number of hydrogen-bond donors (Lipinski definition) is 1. The Morgan fingerprint density at radius 2 is 2.30 bits per heavy atom. The first-order chi connectivity index (χ1) is 9.72. The highest BCUT2D eigenvalue weighted by atomic mass is 16.5. The van der Waals surface area contributed by atoms with Gasteiger partial charge in [-0.15, -0.1) is 0 Å². The molecule has 108 valence electrons. The van der Waals surface area contributed by atoms with E-state index in [0.29, 0.717) is 19.8 Å². The molecule has 2 aliphatic heterocycles. The Bertz CT molecular complexity index is 518. The number of fused-ring (bicyclic) bond motifs is 2. The van der Waals surface area contributed by atoms with E-state index in [1.807, 2.05) is 25.2 Å². The Labute approximate surface area is 118 Å². The van der Waals surface area contributed by atoms with Crippen molar-refractivity contribution in [3.63, 3.8) is 0 Å². The average Bonchev–Trinajstić information content (AvgIpc) is 2.91. The molecule has 1 fully saturated rings. The first kappa shape index (κ1) is 13.2. The Hall–Kier alpha value is -1.75. The van der Waals surface area contributed by atoms with E-state index in [2.05, 4.69) is 17.1 Å². The molecule has 20 heavy (non-hydrogen) atoms. The van der Waals surface area contributed by atoms with Gasteiger partial charge in [0.15, 0.2) is 0 Å². The molecule has 2 unspecified atom stereocenters. The van der Waals surface area contributed by atoms with Crippen LogP contribution in [0.5, 0.6) is 5.75 Å². The van der Waals surface area contributed by atoms with Crippen LogP contribution in [-0.2, 0) is 9.53 Å². The van der Waals surface area contributed by atoms with Gasteiger partial charge in [0.2, 0.25) is 5.91 Å². The van der Waals surface area contributed by atoms with E-state index in [9.17, 15) is 4.79 Å². The predicted molar refractivity (Wildman–Crippen MR) is 77.4 cm³/mol. The standard InChI is InChI=1S/C15H20N2O3/c1-3-7-20-13-6-4-5-11-14(13)16-15(18)10-8-19-9-12(10)17(11)2/h4-6,10,12H,3,7-9H2,1-2H3,(H,16,18). The molecular formula is C15H20N2O3. The van der Waals surface area contributed by atoms with E-state index in [0.717, 1.165) is 23.5 Å². The summed E-state index contributed by atoms with van der Waals surface area (Å²) in [5, 5.41) is 3.02. The molecule has 0 saturated carbocycles. The molecule has 0 radical (unpaired) electrons. The zero-order valence-corrected chi connectivity index (χ0v) is 11.9. The summed E-state index contributed by atoms with van der Waals surface area (Å²) in [7, 11) is 2.01. The number of likely N-dealkylation sites (N-methyl/N-ethyl adjacent to an activating group) is 1. The molecule has 1 amide bonds. The first-order valence-electron chi connectivity index (χ1n) is 7.09. The minimum atomic E-state index is -0.119. The van der Waals surface area contributed by atoms with Crippen molar-refractivity contribution in [1.29, 1.82) is 0 Å². The van der Waals surface area contributed by atoms with Crippen LogP contribution in [0.3, 0.4) is 0 Å². The normalized spacial score (nSPS) is 24.7. The summed E-state index contributed by atoms with van der Waals surface area (Å²) >= 11 is 0. The minimum Gasteiger partial charge on any atom is -0.491 e. The molecule has 0 aromatic heterocycles. The maximum Gasteiger partial charge on any atom is 0.232 e. The Kier molecular flexibility index (Phi) is 3.53. The largest absolute Gasteiger partial charge is 0.491 e. The number of anilines is 2. The molecule has 0 spiro atoms. The van der Waals surface area contributed by atoms with E-state index in [1.165, 1.54) is 0 Å². The fourth-order valence-corrected chi connectivity index (χ4v) is 2.84. The van der Waals surface area contributed by atoms with Gasteiger partial charge >= 0.3 is 0 Å². The highest BCUT2D eigenvalue weighted by Gasteiger charge is 2.40. The van der Waals surface area contributed by atoms with Crippen molar-refractivity contribution in [2.75, 3.05) is 37.1 Å². The molecule has 1 saturated heterocycles. The molecule has 3 rings (SSSR count). The first-order valence-corrected chi connectivity index (χ1v) is 7.09. The van der Waals surface area contributed by atoms with Crippen LogP contribution in [0.25, 0.3) is 0 Å². The van der Waals surface area contributed by atoms with Gasteiger partial charge in [-0.25, -0.2) is 0 Å². The number of carbonyl (C=O) groups is 1. The third-order valence-electron chi connectivity index (χ3n) is 3.98. The van der Waals surface area contributed by atoms with E-state index in [4.69, 9.17) is 9.47 Å².